The Morgan fingerprint density at radius 2 is 2.24 bits per heavy atom. The molecule has 0 unspecified atom stereocenters. The van der Waals surface area contributed by atoms with Crippen molar-refractivity contribution in [2.24, 2.45) is 4.99 Å². The van der Waals surface area contributed by atoms with Crippen LogP contribution < -0.4 is 10.6 Å². The third-order valence-corrected chi connectivity index (χ3v) is 4.03. The maximum absolute atomic E-state index is 5.17. The van der Waals surface area contributed by atoms with E-state index in [1.165, 1.54) is 10.4 Å². The van der Waals surface area contributed by atoms with Gasteiger partial charge in [-0.3, -0.25) is 0 Å². The highest BCUT2D eigenvalue weighted by molar-refractivity contribution is 7.09. The topological polar surface area (TPSA) is 62.5 Å². The first-order valence-electron chi connectivity index (χ1n) is 7.17. The summed E-state index contributed by atoms with van der Waals surface area (Å²) in [5.41, 5.74) is 2.14. The standard InChI is InChI=1S/C15H22N4OS/c1-4-16-15(18-10-13-6-5-9-21-13)17-8-7-14-11(2)19-20-12(14)3/h5-6,9H,4,7-8,10H2,1-3H3,(H2,16,17,18). The molecule has 0 aliphatic carbocycles. The van der Waals surface area contributed by atoms with Gasteiger partial charge in [0.15, 0.2) is 5.96 Å². The molecular weight excluding hydrogens is 284 g/mol. The maximum Gasteiger partial charge on any atom is 0.191 e. The molecule has 0 spiro atoms. The summed E-state index contributed by atoms with van der Waals surface area (Å²) in [4.78, 5) is 5.85. The van der Waals surface area contributed by atoms with Gasteiger partial charge >= 0.3 is 0 Å². The van der Waals surface area contributed by atoms with Crippen molar-refractivity contribution < 1.29 is 4.52 Å². The number of rotatable bonds is 6. The fourth-order valence-electron chi connectivity index (χ4n) is 2.07. The van der Waals surface area contributed by atoms with E-state index in [-0.39, 0.29) is 0 Å². The lowest BCUT2D eigenvalue weighted by atomic mass is 10.1. The second-order valence-electron chi connectivity index (χ2n) is 4.75. The van der Waals surface area contributed by atoms with Gasteiger partial charge in [0.2, 0.25) is 0 Å². The molecule has 2 N–H and O–H groups in total. The van der Waals surface area contributed by atoms with E-state index < -0.39 is 0 Å². The van der Waals surface area contributed by atoms with E-state index in [0.29, 0.717) is 6.54 Å². The maximum atomic E-state index is 5.17. The number of hydrogen-bond donors (Lipinski definition) is 2. The van der Waals surface area contributed by atoms with Crippen molar-refractivity contribution >= 4 is 17.3 Å². The summed E-state index contributed by atoms with van der Waals surface area (Å²) in [5, 5.41) is 12.7. The molecule has 0 saturated carbocycles. The predicted octanol–water partition coefficient (Wildman–Crippen LogP) is 2.65. The minimum absolute atomic E-state index is 0.707. The molecule has 0 aliphatic rings. The number of nitrogens with zero attached hydrogens (tertiary/aromatic N) is 2. The molecule has 0 saturated heterocycles. The summed E-state index contributed by atoms with van der Waals surface area (Å²) in [5.74, 6) is 1.74. The van der Waals surface area contributed by atoms with Crippen LogP contribution in [0, 0.1) is 13.8 Å². The third-order valence-electron chi connectivity index (χ3n) is 3.17. The van der Waals surface area contributed by atoms with Gasteiger partial charge in [-0.2, -0.15) is 0 Å². The molecule has 0 radical (unpaired) electrons. The van der Waals surface area contributed by atoms with Gasteiger partial charge in [0, 0.05) is 23.5 Å². The highest BCUT2D eigenvalue weighted by Gasteiger charge is 2.08. The molecular formula is C15H22N4OS. The van der Waals surface area contributed by atoms with Crippen molar-refractivity contribution in [1.29, 1.82) is 0 Å². The number of guanidine groups is 1. The molecule has 2 rings (SSSR count). The summed E-state index contributed by atoms with van der Waals surface area (Å²) < 4.78 is 5.17. The van der Waals surface area contributed by atoms with Crippen LogP contribution in [-0.4, -0.2) is 24.2 Å². The van der Waals surface area contributed by atoms with Crippen LogP contribution in [0.3, 0.4) is 0 Å². The van der Waals surface area contributed by atoms with E-state index in [1.54, 1.807) is 11.3 Å². The second-order valence-corrected chi connectivity index (χ2v) is 5.79. The fraction of sp³-hybridized carbons (Fsp3) is 0.467. The van der Waals surface area contributed by atoms with Crippen LogP contribution >= 0.6 is 11.3 Å². The van der Waals surface area contributed by atoms with Crippen molar-refractivity contribution in [2.45, 2.75) is 33.7 Å². The lowest BCUT2D eigenvalue weighted by molar-refractivity contribution is 0.392. The predicted molar refractivity (Wildman–Crippen MR) is 86.8 cm³/mol. The number of aromatic nitrogens is 1. The zero-order valence-corrected chi connectivity index (χ0v) is 13.6. The summed E-state index contributed by atoms with van der Waals surface area (Å²) in [6.45, 7) is 8.35. The SMILES string of the molecule is CCNC(=NCc1cccs1)NCCc1c(C)noc1C. The first-order valence-corrected chi connectivity index (χ1v) is 8.05. The highest BCUT2D eigenvalue weighted by Crippen LogP contribution is 2.12. The van der Waals surface area contributed by atoms with Crippen molar-refractivity contribution in [3.8, 4) is 0 Å². The Kier molecular flexibility index (Phi) is 5.80. The molecule has 0 aromatic carbocycles. The van der Waals surface area contributed by atoms with Crippen molar-refractivity contribution in [1.82, 2.24) is 15.8 Å². The number of aryl methyl sites for hydroxylation is 2. The van der Waals surface area contributed by atoms with E-state index in [2.05, 4.69) is 39.2 Å². The van der Waals surface area contributed by atoms with Gasteiger partial charge in [-0.15, -0.1) is 11.3 Å². The Morgan fingerprint density at radius 3 is 2.86 bits per heavy atom. The van der Waals surface area contributed by atoms with E-state index >= 15 is 0 Å². The average molecular weight is 306 g/mol. The molecule has 2 heterocycles. The Labute approximate surface area is 129 Å². The molecule has 5 nitrogen and oxygen atoms in total. The Balaban J connectivity index is 1.86. The van der Waals surface area contributed by atoms with Gasteiger partial charge in [-0.1, -0.05) is 11.2 Å². The lowest BCUT2D eigenvalue weighted by Gasteiger charge is -2.10. The van der Waals surface area contributed by atoms with E-state index in [1.807, 2.05) is 19.9 Å². The molecule has 0 amide bonds. The minimum atomic E-state index is 0.707. The van der Waals surface area contributed by atoms with Gasteiger partial charge in [-0.05, 0) is 38.6 Å². The van der Waals surface area contributed by atoms with Gasteiger partial charge in [0.05, 0.1) is 12.2 Å². The lowest BCUT2D eigenvalue weighted by Crippen LogP contribution is -2.38. The van der Waals surface area contributed by atoms with Gasteiger partial charge in [-0.25, -0.2) is 4.99 Å². The monoisotopic (exact) mass is 306 g/mol. The van der Waals surface area contributed by atoms with Crippen molar-refractivity contribution in [3.63, 3.8) is 0 Å². The zero-order chi connectivity index (χ0) is 15.1. The van der Waals surface area contributed by atoms with Crippen LogP contribution in [0.5, 0.6) is 0 Å². The summed E-state index contributed by atoms with van der Waals surface area (Å²) in [6, 6.07) is 4.15. The van der Waals surface area contributed by atoms with Crippen LogP contribution in [0.4, 0.5) is 0 Å². The molecule has 0 atom stereocenters. The summed E-state index contributed by atoms with van der Waals surface area (Å²) in [7, 11) is 0. The van der Waals surface area contributed by atoms with Gasteiger partial charge < -0.3 is 15.2 Å². The van der Waals surface area contributed by atoms with Gasteiger partial charge in [0.25, 0.3) is 0 Å². The smallest absolute Gasteiger partial charge is 0.191 e. The van der Waals surface area contributed by atoms with Crippen LogP contribution in [0.2, 0.25) is 0 Å². The average Bonchev–Trinajstić information content (AvgIpc) is 3.09. The van der Waals surface area contributed by atoms with E-state index in [4.69, 9.17) is 4.52 Å². The minimum Gasteiger partial charge on any atom is -0.361 e. The normalized spacial score (nSPS) is 11.7. The molecule has 21 heavy (non-hydrogen) atoms. The number of thiophene rings is 1. The second kappa shape index (κ2) is 7.83. The largest absolute Gasteiger partial charge is 0.361 e. The Morgan fingerprint density at radius 1 is 1.38 bits per heavy atom. The fourth-order valence-corrected chi connectivity index (χ4v) is 2.69. The van der Waals surface area contributed by atoms with Crippen molar-refractivity contribution in [2.75, 3.05) is 13.1 Å². The quantitative estimate of drug-likeness (QED) is 0.636. The van der Waals surface area contributed by atoms with Crippen LogP contribution in [0.25, 0.3) is 0 Å². The number of hydrogen-bond acceptors (Lipinski definition) is 4. The van der Waals surface area contributed by atoms with E-state index in [0.717, 1.165) is 36.9 Å². The van der Waals surface area contributed by atoms with Gasteiger partial charge in [0.1, 0.15) is 5.76 Å². The molecule has 0 fully saturated rings. The molecule has 114 valence electrons. The first-order chi connectivity index (χ1) is 10.2. The summed E-state index contributed by atoms with van der Waals surface area (Å²) in [6.07, 6.45) is 0.880. The van der Waals surface area contributed by atoms with Crippen LogP contribution in [-0.2, 0) is 13.0 Å². The Bertz CT molecular complexity index is 555. The summed E-state index contributed by atoms with van der Waals surface area (Å²) >= 11 is 1.73. The van der Waals surface area contributed by atoms with Crippen LogP contribution in [0.15, 0.2) is 27.0 Å². The molecule has 0 aliphatic heterocycles. The zero-order valence-electron chi connectivity index (χ0n) is 12.8. The molecule has 2 aromatic heterocycles. The van der Waals surface area contributed by atoms with Crippen LogP contribution in [0.1, 0.15) is 28.8 Å². The number of nitrogens with one attached hydrogen (secondary N) is 2. The first kappa shape index (κ1) is 15.6. The number of aliphatic imine (C=N–C) groups is 1. The molecule has 0 bridgehead atoms. The Hall–Kier alpha value is -1.82. The molecule has 6 heteroatoms. The highest BCUT2D eigenvalue weighted by atomic mass is 32.1. The van der Waals surface area contributed by atoms with E-state index in [9.17, 15) is 0 Å². The third kappa shape index (κ3) is 4.60. The van der Waals surface area contributed by atoms with Crippen molar-refractivity contribution in [3.05, 3.63) is 39.4 Å². The molecule has 2 aromatic rings.